The summed E-state index contributed by atoms with van der Waals surface area (Å²) in [6.07, 6.45) is 4.08. The van der Waals surface area contributed by atoms with E-state index in [2.05, 4.69) is 9.71 Å². The van der Waals surface area contributed by atoms with Crippen LogP contribution in [-0.4, -0.2) is 36.2 Å². The lowest BCUT2D eigenvalue weighted by atomic mass is 10.5. The van der Waals surface area contributed by atoms with Crippen LogP contribution in [0.2, 0.25) is 5.02 Å². The van der Waals surface area contributed by atoms with E-state index in [9.17, 15) is 12.6 Å². The van der Waals surface area contributed by atoms with Crippen molar-refractivity contribution in [1.82, 2.24) is 9.71 Å². The fourth-order valence-corrected chi connectivity index (χ4v) is 2.94. The topological polar surface area (TPSA) is 76.1 Å². The van der Waals surface area contributed by atoms with Crippen LogP contribution in [0.3, 0.4) is 0 Å². The maximum absolute atomic E-state index is 11.7. The molecule has 1 aromatic heterocycles. The molecule has 1 rings (SSSR count). The summed E-state index contributed by atoms with van der Waals surface area (Å²) >= 11 is 5.73. The van der Waals surface area contributed by atoms with Crippen LogP contribution < -0.4 is 4.72 Å². The zero-order valence-corrected chi connectivity index (χ0v) is 10.9. The van der Waals surface area contributed by atoms with E-state index in [1.807, 2.05) is 0 Å². The number of rotatable bonds is 5. The average molecular weight is 283 g/mol. The maximum atomic E-state index is 11.7. The molecule has 0 aromatic carbocycles. The van der Waals surface area contributed by atoms with Crippen molar-refractivity contribution < 1.29 is 12.6 Å². The summed E-state index contributed by atoms with van der Waals surface area (Å²) in [7, 11) is -4.70. The molecular weight excluding hydrogens is 272 g/mol. The first-order valence-electron chi connectivity index (χ1n) is 4.32. The van der Waals surface area contributed by atoms with Gasteiger partial charge in [-0.3, -0.25) is 9.19 Å². The van der Waals surface area contributed by atoms with Crippen LogP contribution in [0.15, 0.2) is 23.4 Å². The normalized spacial score (nSPS) is 13.6. The van der Waals surface area contributed by atoms with Crippen LogP contribution in [0, 0.1) is 0 Å². The van der Waals surface area contributed by atoms with E-state index in [1.165, 1.54) is 24.7 Å². The van der Waals surface area contributed by atoms with Crippen LogP contribution in [0.5, 0.6) is 0 Å². The Morgan fingerprint density at radius 1 is 1.56 bits per heavy atom. The molecule has 0 amide bonds. The molecule has 0 spiro atoms. The molecule has 0 bridgehead atoms. The van der Waals surface area contributed by atoms with Crippen LogP contribution in [-0.2, 0) is 20.8 Å². The van der Waals surface area contributed by atoms with Gasteiger partial charge >= 0.3 is 0 Å². The molecule has 0 fully saturated rings. The highest BCUT2D eigenvalue weighted by Crippen LogP contribution is 2.18. The highest BCUT2D eigenvalue weighted by molar-refractivity contribution is 7.89. The van der Waals surface area contributed by atoms with E-state index >= 15 is 0 Å². The molecule has 0 aliphatic heterocycles. The van der Waals surface area contributed by atoms with Gasteiger partial charge in [0.05, 0.1) is 5.02 Å². The fourth-order valence-electron chi connectivity index (χ4n) is 0.958. The Morgan fingerprint density at radius 2 is 2.25 bits per heavy atom. The zero-order valence-electron chi connectivity index (χ0n) is 8.51. The van der Waals surface area contributed by atoms with Gasteiger partial charge in [-0.05, 0) is 6.07 Å². The molecule has 0 saturated heterocycles. The van der Waals surface area contributed by atoms with Gasteiger partial charge in [-0.1, -0.05) is 11.6 Å². The number of nitrogens with one attached hydrogen (secondary N) is 1. The minimum Gasteiger partial charge on any atom is -0.263 e. The molecule has 1 aromatic rings. The molecule has 5 nitrogen and oxygen atoms in total. The number of aromatic nitrogens is 1. The van der Waals surface area contributed by atoms with Crippen LogP contribution in [0.4, 0.5) is 0 Å². The third kappa shape index (κ3) is 3.82. The molecule has 0 radical (unpaired) electrons. The Hall–Kier alpha value is -0.500. The van der Waals surface area contributed by atoms with Crippen molar-refractivity contribution in [3.63, 3.8) is 0 Å². The molecule has 1 heterocycles. The van der Waals surface area contributed by atoms with Gasteiger partial charge in [0.1, 0.15) is 4.90 Å². The van der Waals surface area contributed by atoms with Gasteiger partial charge in [0.15, 0.2) is 0 Å². The molecule has 1 N–H and O–H groups in total. The van der Waals surface area contributed by atoms with Gasteiger partial charge in [-0.25, -0.2) is 13.1 Å². The summed E-state index contributed by atoms with van der Waals surface area (Å²) in [6.45, 7) is 0.108. The summed E-state index contributed by atoms with van der Waals surface area (Å²) in [5.74, 6) is 0.261. The van der Waals surface area contributed by atoms with E-state index in [1.54, 1.807) is 0 Å². The van der Waals surface area contributed by atoms with Crippen molar-refractivity contribution in [1.29, 1.82) is 0 Å². The first-order valence-corrected chi connectivity index (χ1v) is 7.91. The second-order valence-electron chi connectivity index (χ2n) is 2.98. The monoisotopic (exact) mass is 282 g/mol. The van der Waals surface area contributed by atoms with Gasteiger partial charge in [-0.2, -0.15) is 0 Å². The van der Waals surface area contributed by atoms with Crippen molar-refractivity contribution in [3.8, 4) is 0 Å². The van der Waals surface area contributed by atoms with Crippen molar-refractivity contribution >= 4 is 32.4 Å². The molecule has 0 saturated carbocycles. The first-order chi connectivity index (χ1) is 7.43. The SMILES string of the molecule is CS(=O)CCNS(=O)(=O)c1cnccc1Cl. The molecule has 16 heavy (non-hydrogen) atoms. The summed E-state index contributed by atoms with van der Waals surface area (Å²) < 4.78 is 36.5. The summed E-state index contributed by atoms with van der Waals surface area (Å²) in [5, 5.41) is 0.111. The van der Waals surface area contributed by atoms with Crippen LogP contribution in [0.1, 0.15) is 0 Å². The fraction of sp³-hybridized carbons (Fsp3) is 0.375. The molecule has 0 aliphatic carbocycles. The first kappa shape index (κ1) is 13.6. The molecule has 8 heteroatoms. The van der Waals surface area contributed by atoms with Crippen LogP contribution >= 0.6 is 11.6 Å². The van der Waals surface area contributed by atoms with Gasteiger partial charge in [0.25, 0.3) is 0 Å². The molecule has 1 unspecified atom stereocenters. The summed E-state index contributed by atoms with van der Waals surface area (Å²) in [4.78, 5) is 3.62. The number of halogens is 1. The second-order valence-corrected chi connectivity index (χ2v) is 6.68. The lowest BCUT2D eigenvalue weighted by Crippen LogP contribution is -2.28. The Balaban J connectivity index is 2.79. The van der Waals surface area contributed by atoms with Crippen molar-refractivity contribution in [2.24, 2.45) is 0 Å². The number of nitrogens with zero attached hydrogens (tertiary/aromatic N) is 1. The molecule has 1 atom stereocenters. The molecule has 0 aliphatic rings. The Kier molecular flexibility index (Phi) is 4.85. The van der Waals surface area contributed by atoms with Gasteiger partial charge in [0, 0.05) is 41.7 Å². The van der Waals surface area contributed by atoms with E-state index in [-0.39, 0.29) is 22.2 Å². The van der Waals surface area contributed by atoms with E-state index in [0.29, 0.717) is 0 Å². The number of hydrogen-bond acceptors (Lipinski definition) is 4. The highest BCUT2D eigenvalue weighted by atomic mass is 35.5. The smallest absolute Gasteiger partial charge is 0.243 e. The maximum Gasteiger partial charge on any atom is 0.243 e. The van der Waals surface area contributed by atoms with Gasteiger partial charge in [-0.15, -0.1) is 0 Å². The number of hydrogen-bond donors (Lipinski definition) is 1. The lowest BCUT2D eigenvalue weighted by molar-refractivity contribution is 0.583. The average Bonchev–Trinajstić information content (AvgIpc) is 2.17. The Morgan fingerprint density at radius 3 is 2.81 bits per heavy atom. The minimum atomic E-state index is -3.67. The Bertz CT molecular complexity index is 490. The summed E-state index contributed by atoms with van der Waals surface area (Å²) in [5.41, 5.74) is 0. The predicted molar refractivity (Wildman–Crippen MR) is 63.4 cm³/mol. The number of sulfonamides is 1. The number of pyridine rings is 1. The third-order valence-corrected chi connectivity index (χ3v) is 4.41. The zero-order chi connectivity index (χ0) is 12.2. The largest absolute Gasteiger partial charge is 0.263 e. The lowest BCUT2D eigenvalue weighted by Gasteiger charge is -2.06. The predicted octanol–water partition coefficient (Wildman–Crippen LogP) is 0.392. The van der Waals surface area contributed by atoms with Gasteiger partial charge in [0.2, 0.25) is 10.0 Å². The highest BCUT2D eigenvalue weighted by Gasteiger charge is 2.17. The summed E-state index contributed by atoms with van der Waals surface area (Å²) in [6, 6.07) is 1.40. The van der Waals surface area contributed by atoms with Crippen LogP contribution in [0.25, 0.3) is 0 Å². The minimum absolute atomic E-state index is 0.0708. The van der Waals surface area contributed by atoms with Crippen molar-refractivity contribution in [2.45, 2.75) is 4.90 Å². The van der Waals surface area contributed by atoms with E-state index < -0.39 is 20.8 Å². The standard InChI is InChI=1S/C8H11ClN2O3S2/c1-15(12)5-4-11-16(13,14)8-6-10-3-2-7(8)9/h2-3,6,11H,4-5H2,1H3. The molecular formula is C8H11ClN2O3S2. The van der Waals surface area contributed by atoms with Crippen molar-refractivity contribution in [2.75, 3.05) is 18.6 Å². The van der Waals surface area contributed by atoms with E-state index in [0.717, 1.165) is 0 Å². The second kappa shape index (κ2) is 5.72. The van der Waals surface area contributed by atoms with Gasteiger partial charge < -0.3 is 0 Å². The van der Waals surface area contributed by atoms with E-state index in [4.69, 9.17) is 11.6 Å². The van der Waals surface area contributed by atoms with Crippen molar-refractivity contribution in [3.05, 3.63) is 23.5 Å². The quantitative estimate of drug-likeness (QED) is 0.848. The third-order valence-electron chi connectivity index (χ3n) is 1.71. The Labute approximate surface area is 102 Å². The molecule has 90 valence electrons.